The fourth-order valence-corrected chi connectivity index (χ4v) is 5.39. The van der Waals surface area contributed by atoms with Crippen LogP contribution in [0.15, 0.2) is 77.9 Å². The van der Waals surface area contributed by atoms with Crippen LogP contribution in [0.5, 0.6) is 11.5 Å². The van der Waals surface area contributed by atoms with Gasteiger partial charge in [0.1, 0.15) is 23.3 Å². The van der Waals surface area contributed by atoms with Gasteiger partial charge in [0.25, 0.3) is 0 Å². The summed E-state index contributed by atoms with van der Waals surface area (Å²) >= 11 is 0. The van der Waals surface area contributed by atoms with Gasteiger partial charge in [-0.3, -0.25) is 13.9 Å². The highest BCUT2D eigenvalue weighted by Gasteiger charge is 2.30. The van der Waals surface area contributed by atoms with Crippen LogP contribution in [0.1, 0.15) is 31.7 Å². The van der Waals surface area contributed by atoms with Gasteiger partial charge in [-0.15, -0.1) is 0 Å². The number of nitrogen functional groups attached to an aromatic ring is 1. The number of hydrogen-bond acceptors (Lipinski definition) is 6. The fourth-order valence-electron chi connectivity index (χ4n) is 5.39. The SMILES string of the molecule is CN(C(=O)/C=C/C[N+](C)(C)C)C1CCC(n2c(=O)n(-c3ccc(Oc4ccccc4)cc3)c3c(N)ncnc32)CC1. The number of carbonyl (C=O) groups is 1. The summed E-state index contributed by atoms with van der Waals surface area (Å²) in [5.41, 5.74) is 7.75. The van der Waals surface area contributed by atoms with E-state index in [4.69, 9.17) is 10.5 Å². The average Bonchev–Trinajstić information content (AvgIpc) is 3.26. The molecule has 41 heavy (non-hydrogen) atoms. The Labute approximate surface area is 239 Å². The molecule has 0 saturated heterocycles. The number of ether oxygens (including phenoxy) is 1. The minimum Gasteiger partial charge on any atom is -0.457 e. The number of carbonyl (C=O) groups excluding carboxylic acids is 1. The molecule has 0 atom stereocenters. The molecule has 1 aliphatic carbocycles. The van der Waals surface area contributed by atoms with Crippen LogP contribution in [0.3, 0.4) is 0 Å². The Morgan fingerprint density at radius 1 is 1.02 bits per heavy atom. The largest absolute Gasteiger partial charge is 0.457 e. The summed E-state index contributed by atoms with van der Waals surface area (Å²) in [6, 6.07) is 16.9. The molecule has 2 aromatic carbocycles. The molecule has 4 aromatic rings. The van der Waals surface area contributed by atoms with E-state index < -0.39 is 0 Å². The number of nitrogens with two attached hydrogens (primary N) is 1. The van der Waals surface area contributed by atoms with Crippen molar-refractivity contribution < 1.29 is 14.0 Å². The van der Waals surface area contributed by atoms with E-state index in [9.17, 15) is 9.59 Å². The topological polar surface area (TPSA) is 108 Å². The molecule has 10 nitrogen and oxygen atoms in total. The van der Waals surface area contributed by atoms with Crippen molar-refractivity contribution in [2.24, 2.45) is 0 Å². The van der Waals surface area contributed by atoms with E-state index in [-0.39, 0.29) is 29.5 Å². The number of amides is 1. The second-order valence-corrected chi connectivity index (χ2v) is 11.6. The number of rotatable bonds is 8. The summed E-state index contributed by atoms with van der Waals surface area (Å²) in [5.74, 6) is 1.64. The maximum Gasteiger partial charge on any atom is 0.335 e. The second-order valence-electron chi connectivity index (χ2n) is 11.6. The van der Waals surface area contributed by atoms with Crippen molar-refractivity contribution in [2.45, 2.75) is 37.8 Å². The zero-order valence-corrected chi connectivity index (χ0v) is 24.1. The third kappa shape index (κ3) is 6.17. The number of quaternary nitrogens is 1. The van der Waals surface area contributed by atoms with Gasteiger partial charge in [-0.2, -0.15) is 0 Å². The monoisotopic (exact) mass is 556 g/mol. The zero-order valence-electron chi connectivity index (χ0n) is 24.1. The quantitative estimate of drug-likeness (QED) is 0.258. The Balaban J connectivity index is 1.36. The molecule has 2 aromatic heterocycles. The molecule has 2 N–H and O–H groups in total. The van der Waals surface area contributed by atoms with Crippen molar-refractivity contribution in [1.82, 2.24) is 24.0 Å². The molecule has 0 bridgehead atoms. The third-order valence-corrected chi connectivity index (χ3v) is 7.59. The summed E-state index contributed by atoms with van der Waals surface area (Å²) in [5, 5.41) is 0. The van der Waals surface area contributed by atoms with E-state index in [1.807, 2.05) is 72.6 Å². The number of nitrogens with zero attached hydrogens (tertiary/aromatic N) is 6. The van der Waals surface area contributed by atoms with Crippen LogP contribution in [-0.2, 0) is 4.79 Å². The maximum atomic E-state index is 13.9. The first-order chi connectivity index (χ1) is 19.6. The van der Waals surface area contributed by atoms with Gasteiger partial charge in [0.2, 0.25) is 5.91 Å². The second kappa shape index (κ2) is 11.6. The molecule has 0 unspecified atom stereocenters. The Kier molecular flexibility index (Phi) is 7.94. The van der Waals surface area contributed by atoms with Crippen LogP contribution < -0.4 is 16.2 Å². The highest BCUT2D eigenvalue weighted by Crippen LogP contribution is 2.33. The molecule has 2 heterocycles. The first-order valence-corrected chi connectivity index (χ1v) is 13.9. The lowest BCUT2D eigenvalue weighted by Gasteiger charge is -2.34. The lowest BCUT2D eigenvalue weighted by molar-refractivity contribution is -0.864. The van der Waals surface area contributed by atoms with Gasteiger partial charge in [0.05, 0.1) is 33.4 Å². The van der Waals surface area contributed by atoms with Gasteiger partial charge in [-0.05, 0) is 68.2 Å². The molecule has 214 valence electrons. The fraction of sp³-hybridized carbons (Fsp3) is 0.355. The molecule has 10 heteroatoms. The third-order valence-electron chi connectivity index (χ3n) is 7.59. The smallest absolute Gasteiger partial charge is 0.335 e. The molecule has 1 saturated carbocycles. The normalized spacial score (nSPS) is 17.7. The molecule has 1 aliphatic rings. The lowest BCUT2D eigenvalue weighted by atomic mass is 9.90. The van der Waals surface area contributed by atoms with Crippen LogP contribution >= 0.6 is 0 Å². The van der Waals surface area contributed by atoms with Crippen LogP contribution in [0.2, 0.25) is 0 Å². The summed E-state index contributed by atoms with van der Waals surface area (Å²) in [6.07, 6.45) is 8.08. The van der Waals surface area contributed by atoms with Crippen LogP contribution in [0.25, 0.3) is 16.9 Å². The minimum absolute atomic E-state index is 0.0101. The summed E-state index contributed by atoms with van der Waals surface area (Å²) < 4.78 is 10.0. The van der Waals surface area contributed by atoms with Crippen molar-refractivity contribution in [3.63, 3.8) is 0 Å². The van der Waals surface area contributed by atoms with E-state index in [1.165, 1.54) is 6.33 Å². The number of benzene rings is 2. The summed E-state index contributed by atoms with van der Waals surface area (Å²) in [4.78, 5) is 37.2. The molecule has 0 radical (unpaired) electrons. The number of likely N-dealkylation sites (N-methyl/N-ethyl adjacent to an activating group) is 2. The van der Waals surface area contributed by atoms with Gasteiger partial charge in [-0.25, -0.2) is 14.8 Å². The molecule has 1 fully saturated rings. The standard InChI is InChI=1S/C31H38N7O3/c1-35(27(39)11-8-20-38(2,3)4)22-12-14-24(15-13-22)37-30-28(29(32)33-21-34-30)36(31(37)40)23-16-18-26(19-17-23)41-25-9-6-5-7-10-25/h5-11,16-19,21-22,24H,12-15,20H2,1-4H3,(H2,32,33,34)/q+1/b11-8+. The molecular weight excluding hydrogens is 518 g/mol. The van der Waals surface area contributed by atoms with Crippen molar-refractivity contribution in [1.29, 1.82) is 0 Å². The number of fused-ring (bicyclic) bond motifs is 1. The Bertz CT molecular complexity index is 1590. The van der Waals surface area contributed by atoms with Crippen molar-refractivity contribution in [3.8, 4) is 17.2 Å². The van der Waals surface area contributed by atoms with E-state index in [2.05, 4.69) is 31.1 Å². The summed E-state index contributed by atoms with van der Waals surface area (Å²) in [6.45, 7) is 0.785. The zero-order chi connectivity index (χ0) is 29.1. The first-order valence-electron chi connectivity index (χ1n) is 13.9. The van der Waals surface area contributed by atoms with E-state index >= 15 is 0 Å². The molecule has 0 spiro atoms. The number of hydrogen-bond donors (Lipinski definition) is 1. The van der Waals surface area contributed by atoms with E-state index in [0.29, 0.717) is 22.6 Å². The predicted octanol–water partition coefficient (Wildman–Crippen LogP) is 4.16. The van der Waals surface area contributed by atoms with Crippen molar-refractivity contribution in [3.05, 3.63) is 83.6 Å². The highest BCUT2D eigenvalue weighted by atomic mass is 16.5. The Morgan fingerprint density at radius 3 is 2.34 bits per heavy atom. The minimum atomic E-state index is -0.208. The van der Waals surface area contributed by atoms with E-state index in [1.54, 1.807) is 15.2 Å². The number of anilines is 1. The van der Waals surface area contributed by atoms with Crippen LogP contribution in [0.4, 0.5) is 5.82 Å². The van der Waals surface area contributed by atoms with Crippen LogP contribution in [0, 0.1) is 0 Å². The van der Waals surface area contributed by atoms with Crippen molar-refractivity contribution in [2.75, 3.05) is 40.5 Å². The number of aromatic nitrogens is 4. The maximum absolute atomic E-state index is 13.9. The Morgan fingerprint density at radius 2 is 1.68 bits per heavy atom. The van der Waals surface area contributed by atoms with Gasteiger partial charge in [-0.1, -0.05) is 18.2 Å². The molecule has 0 aliphatic heterocycles. The predicted molar refractivity (Wildman–Crippen MR) is 160 cm³/mol. The van der Waals surface area contributed by atoms with Crippen LogP contribution in [-0.4, -0.2) is 75.2 Å². The first kappa shape index (κ1) is 28.1. The van der Waals surface area contributed by atoms with Gasteiger partial charge >= 0.3 is 5.69 Å². The van der Waals surface area contributed by atoms with Gasteiger partial charge < -0.3 is 19.9 Å². The number of para-hydroxylation sites is 1. The number of imidazole rings is 1. The molecular formula is C31H38N7O3+. The van der Waals surface area contributed by atoms with Gasteiger partial charge in [0.15, 0.2) is 11.5 Å². The average molecular weight is 557 g/mol. The highest BCUT2D eigenvalue weighted by molar-refractivity contribution is 5.87. The lowest BCUT2D eigenvalue weighted by Crippen LogP contribution is -2.40. The molecule has 1 amide bonds. The van der Waals surface area contributed by atoms with Gasteiger partial charge in [0, 0.05) is 25.2 Å². The van der Waals surface area contributed by atoms with Crippen molar-refractivity contribution >= 4 is 22.9 Å². The van der Waals surface area contributed by atoms with E-state index in [0.717, 1.165) is 42.5 Å². The molecule has 5 rings (SSSR count). The summed E-state index contributed by atoms with van der Waals surface area (Å²) in [7, 11) is 8.13. The Hall–Kier alpha value is -4.44.